The lowest BCUT2D eigenvalue weighted by molar-refractivity contribution is -0.0521. The van der Waals surface area contributed by atoms with Crippen LogP contribution in [0.3, 0.4) is 0 Å². The van der Waals surface area contributed by atoms with Crippen molar-refractivity contribution in [2.75, 3.05) is 0 Å². The minimum absolute atomic E-state index is 0.535. The van der Waals surface area contributed by atoms with E-state index in [1.54, 1.807) is 6.08 Å². The third-order valence-corrected chi connectivity index (χ3v) is 22.3. The highest BCUT2D eigenvalue weighted by Gasteiger charge is 2.50. The predicted octanol–water partition coefficient (Wildman–Crippen LogP) is 25.2. The molecular formula is C75H150. The zero-order valence-corrected chi connectivity index (χ0v) is 58.3. The van der Waals surface area contributed by atoms with E-state index in [9.17, 15) is 0 Å². The Kier molecular flexibility index (Phi) is 44.9. The quantitative estimate of drug-likeness (QED) is 0.0555. The SMILES string of the molecule is C=C.C=CC.C=CC(C(C(C)C)C(C)CC)C(C(C)C(C)C(C)C)C(C)C(CCC)C(CC)C(C(C)C(C)C)C(CCC(C)C(C)C)C(C(C)C)C(C(C)C)C(C)C(C)C(C)C(C)C(C)C.C=CC(C)C(C)C(C)C. The van der Waals surface area contributed by atoms with Crippen molar-refractivity contribution in [3.05, 3.63) is 51.1 Å². The summed E-state index contributed by atoms with van der Waals surface area (Å²) in [5.74, 6) is 20.0. The van der Waals surface area contributed by atoms with E-state index in [-0.39, 0.29) is 0 Å². The Morgan fingerprint density at radius 3 is 0.987 bits per heavy atom. The molecule has 0 radical (unpaired) electrons. The van der Waals surface area contributed by atoms with E-state index in [1.165, 1.54) is 38.5 Å². The maximum Gasteiger partial charge on any atom is -0.0169 e. The summed E-state index contributed by atoms with van der Waals surface area (Å²) in [6, 6.07) is 0. The van der Waals surface area contributed by atoms with Crippen molar-refractivity contribution in [3.8, 4) is 0 Å². The van der Waals surface area contributed by atoms with Crippen molar-refractivity contribution in [3.63, 3.8) is 0 Å². The van der Waals surface area contributed by atoms with Crippen LogP contribution in [-0.4, -0.2) is 0 Å². The summed E-state index contributed by atoms with van der Waals surface area (Å²) in [5.41, 5.74) is 0. The predicted molar refractivity (Wildman–Crippen MR) is 352 cm³/mol. The number of allylic oxidation sites excluding steroid dienone is 3. The minimum atomic E-state index is 0.535. The lowest BCUT2D eigenvalue weighted by atomic mass is 9.51. The van der Waals surface area contributed by atoms with E-state index in [0.29, 0.717) is 124 Å². The van der Waals surface area contributed by atoms with Gasteiger partial charge < -0.3 is 0 Å². The highest BCUT2D eigenvalue weighted by atomic mass is 14.5. The number of rotatable bonds is 35. The van der Waals surface area contributed by atoms with Crippen LogP contribution in [-0.2, 0) is 0 Å². The molecule has 0 amide bonds. The molecule has 0 aromatic heterocycles. The Balaban J connectivity index is -0.00000158. The second-order valence-electron chi connectivity index (χ2n) is 29.0. The van der Waals surface area contributed by atoms with Crippen LogP contribution >= 0.6 is 0 Å². The molecular weight excluding hydrogens is 901 g/mol. The summed E-state index contributed by atoms with van der Waals surface area (Å²) in [5, 5.41) is 0. The lowest BCUT2D eigenvalue weighted by Crippen LogP contribution is -2.48. The molecule has 0 heteroatoms. The van der Waals surface area contributed by atoms with E-state index < -0.39 is 0 Å². The van der Waals surface area contributed by atoms with Gasteiger partial charge in [-0.05, 0) is 185 Å². The van der Waals surface area contributed by atoms with Crippen molar-refractivity contribution in [1.29, 1.82) is 0 Å². The summed E-state index contributed by atoms with van der Waals surface area (Å²) < 4.78 is 0. The topological polar surface area (TPSA) is 0 Å². The molecule has 0 heterocycles. The van der Waals surface area contributed by atoms with Crippen molar-refractivity contribution in [1.82, 2.24) is 0 Å². The zero-order chi connectivity index (χ0) is 60.1. The van der Waals surface area contributed by atoms with Crippen LogP contribution in [0.15, 0.2) is 51.1 Å². The third kappa shape index (κ3) is 26.0. The smallest absolute Gasteiger partial charge is 0.0169 e. The van der Waals surface area contributed by atoms with Crippen molar-refractivity contribution < 1.29 is 0 Å². The highest BCUT2D eigenvalue weighted by molar-refractivity contribution is 5.01. The number of hydrogen-bond donors (Lipinski definition) is 0. The molecule has 0 fully saturated rings. The molecule has 21 atom stereocenters. The summed E-state index contributed by atoms with van der Waals surface area (Å²) in [7, 11) is 0. The van der Waals surface area contributed by atoms with Gasteiger partial charge in [-0.25, -0.2) is 0 Å². The molecule has 0 saturated carbocycles. The zero-order valence-electron chi connectivity index (χ0n) is 58.3. The summed E-state index contributed by atoms with van der Waals surface area (Å²) >= 11 is 0. The molecule has 0 N–H and O–H groups in total. The van der Waals surface area contributed by atoms with Gasteiger partial charge in [0, 0.05) is 0 Å². The lowest BCUT2D eigenvalue weighted by Gasteiger charge is -2.54. The Morgan fingerprint density at radius 2 is 0.680 bits per heavy atom. The van der Waals surface area contributed by atoms with Crippen molar-refractivity contribution >= 4 is 0 Å². The van der Waals surface area contributed by atoms with Gasteiger partial charge in [-0.15, -0.1) is 32.9 Å². The van der Waals surface area contributed by atoms with E-state index in [4.69, 9.17) is 6.58 Å². The van der Waals surface area contributed by atoms with Gasteiger partial charge >= 0.3 is 0 Å². The standard InChI is InChI=1S/C61H122.C9H18.C3H6.C2H4/c1-29-33-55(52(28)60(50(26)46(22)38(9)10)54(32-4)57(40(13)14)43(19)30-2)53(31-3)61(47(23)39(11)12)56(35-34-44(20)36(5)6)59(42(17)18)58(41(15)16)51(27)49(25)48(24)45(21)37(7)8;1-6-8(4)9(5)7(2)3;1-3-2;1-2/h32,36-61H,4,29-31,33-35H2,1-3,5-28H3;6-9H,1H2,2-5H3;3H,1H2,2H3;1-2H2. The first-order valence-electron chi connectivity index (χ1n) is 33.0. The van der Waals surface area contributed by atoms with Crippen molar-refractivity contribution in [2.45, 2.75) is 260 Å². The molecule has 0 saturated heterocycles. The second-order valence-corrected chi connectivity index (χ2v) is 29.0. The van der Waals surface area contributed by atoms with Gasteiger partial charge in [-0.1, -0.05) is 265 Å². The average Bonchev–Trinajstić information content (AvgIpc) is 3.35. The molecule has 0 aromatic rings. The molecule has 0 rings (SSSR count). The first-order valence-corrected chi connectivity index (χ1v) is 33.0. The van der Waals surface area contributed by atoms with Gasteiger partial charge in [0.2, 0.25) is 0 Å². The van der Waals surface area contributed by atoms with Crippen LogP contribution in [0.2, 0.25) is 0 Å². The molecule has 450 valence electrons. The fourth-order valence-electron chi connectivity index (χ4n) is 15.1. The molecule has 0 nitrogen and oxygen atoms in total. The minimum Gasteiger partial charge on any atom is -0.106 e. The second kappa shape index (κ2) is 41.9. The maximum absolute atomic E-state index is 4.75. The van der Waals surface area contributed by atoms with Crippen molar-refractivity contribution in [2.24, 2.45) is 172 Å². The van der Waals surface area contributed by atoms with Crippen LogP contribution in [0, 0.1) is 172 Å². The van der Waals surface area contributed by atoms with E-state index in [2.05, 4.69) is 247 Å². The molecule has 0 aliphatic carbocycles. The average molecular weight is 1050 g/mol. The molecule has 0 aromatic carbocycles. The fraction of sp³-hybridized carbons (Fsp3) is 0.893. The molecule has 0 spiro atoms. The van der Waals surface area contributed by atoms with Crippen LogP contribution in [0.4, 0.5) is 0 Å². The summed E-state index contributed by atoms with van der Waals surface area (Å²) in [6.07, 6.45) is 14.2. The molecule has 0 aliphatic heterocycles. The largest absolute Gasteiger partial charge is 0.106 e. The molecule has 75 heavy (non-hydrogen) atoms. The Hall–Kier alpha value is -1.04. The van der Waals surface area contributed by atoms with Gasteiger partial charge in [0.25, 0.3) is 0 Å². The normalized spacial score (nSPS) is 20.7. The molecule has 21 unspecified atom stereocenters. The van der Waals surface area contributed by atoms with Gasteiger partial charge in [0.15, 0.2) is 0 Å². The van der Waals surface area contributed by atoms with Crippen LogP contribution in [0.5, 0.6) is 0 Å². The fourth-order valence-corrected chi connectivity index (χ4v) is 15.1. The van der Waals surface area contributed by atoms with E-state index in [0.717, 1.165) is 47.3 Å². The third-order valence-electron chi connectivity index (χ3n) is 22.3. The van der Waals surface area contributed by atoms with Crippen LogP contribution in [0.1, 0.15) is 260 Å². The summed E-state index contributed by atoms with van der Waals surface area (Å²) in [6.45, 7) is 98.4. The van der Waals surface area contributed by atoms with Gasteiger partial charge in [-0.2, -0.15) is 0 Å². The number of hydrogen-bond acceptors (Lipinski definition) is 0. The first kappa shape index (κ1) is 80.4. The molecule has 0 aliphatic rings. The Labute approximate surface area is 480 Å². The van der Waals surface area contributed by atoms with Gasteiger partial charge in [-0.3, -0.25) is 0 Å². The monoisotopic (exact) mass is 1050 g/mol. The van der Waals surface area contributed by atoms with Crippen LogP contribution < -0.4 is 0 Å². The Morgan fingerprint density at radius 1 is 0.293 bits per heavy atom. The van der Waals surface area contributed by atoms with E-state index in [1.807, 2.05) is 13.0 Å². The highest BCUT2D eigenvalue weighted by Crippen LogP contribution is 2.56. The van der Waals surface area contributed by atoms with E-state index >= 15 is 0 Å². The first-order chi connectivity index (χ1) is 34.6. The van der Waals surface area contributed by atoms with Crippen LogP contribution in [0.25, 0.3) is 0 Å². The maximum atomic E-state index is 4.75. The Bertz CT molecular complexity index is 1360. The van der Waals surface area contributed by atoms with Gasteiger partial charge in [0.1, 0.15) is 0 Å². The summed E-state index contributed by atoms with van der Waals surface area (Å²) in [4.78, 5) is 0. The van der Waals surface area contributed by atoms with Gasteiger partial charge in [0.05, 0.1) is 0 Å². The molecule has 0 bridgehead atoms.